The number of nitrogens with one attached hydrogen (secondary N) is 1. The molecule has 0 unspecified atom stereocenters. The summed E-state index contributed by atoms with van der Waals surface area (Å²) in [5.41, 5.74) is 9.75. The first-order valence-electron chi connectivity index (χ1n) is 11.8. The van der Waals surface area contributed by atoms with E-state index in [4.69, 9.17) is 15.5 Å². The van der Waals surface area contributed by atoms with Gasteiger partial charge in [-0.2, -0.15) is 0 Å². The van der Waals surface area contributed by atoms with E-state index in [1.54, 1.807) is 29.6 Å². The lowest BCUT2D eigenvalue weighted by Gasteiger charge is -2.13. The fourth-order valence-electron chi connectivity index (χ4n) is 4.80. The summed E-state index contributed by atoms with van der Waals surface area (Å²) in [7, 11) is 0. The van der Waals surface area contributed by atoms with Crippen molar-refractivity contribution in [3.63, 3.8) is 0 Å². The minimum atomic E-state index is -0.255. The molecule has 10 heteroatoms. The number of aromatic nitrogens is 2. The average Bonchev–Trinajstić information content (AvgIpc) is 3.36. The Morgan fingerprint density at radius 3 is 2.50 bits per heavy atom. The number of hydrogen-bond donors (Lipinski definition) is 2. The summed E-state index contributed by atoms with van der Waals surface area (Å²) in [5, 5.41) is 5.34. The van der Waals surface area contributed by atoms with Crippen molar-refractivity contribution >= 4 is 67.3 Å². The summed E-state index contributed by atoms with van der Waals surface area (Å²) in [6, 6.07) is 0. The zero-order valence-corrected chi connectivity index (χ0v) is 21.6. The van der Waals surface area contributed by atoms with Gasteiger partial charge < -0.3 is 15.8 Å². The molecule has 5 rings (SSSR count). The number of fused-ring (bicyclic) bond motifs is 4. The van der Waals surface area contributed by atoms with Gasteiger partial charge in [-0.25, -0.2) is 9.97 Å². The lowest BCUT2D eigenvalue weighted by atomic mass is 9.94. The monoisotopic (exact) mass is 516 g/mol. The van der Waals surface area contributed by atoms with Crippen molar-refractivity contribution in [2.75, 3.05) is 23.4 Å². The summed E-state index contributed by atoms with van der Waals surface area (Å²) in [5.74, 6) is 0.294. The number of nitrogens with two attached hydrogens (primary N) is 1. The van der Waals surface area contributed by atoms with Gasteiger partial charge in [0.25, 0.3) is 0 Å². The van der Waals surface area contributed by atoms with E-state index in [0.717, 1.165) is 59.3 Å². The Hall–Kier alpha value is -2.17. The third-order valence-electron chi connectivity index (χ3n) is 6.31. The number of nitrogens with zero attached hydrogens (tertiary/aromatic N) is 2. The summed E-state index contributed by atoms with van der Waals surface area (Å²) in [6.07, 6.45) is 8.90. The molecule has 0 radical (unpaired) electrons. The molecule has 1 amide bonds. The lowest BCUT2D eigenvalue weighted by molar-refractivity contribution is -0.142. The molecule has 0 saturated carbocycles. The minimum absolute atomic E-state index is 0.138. The van der Waals surface area contributed by atoms with Crippen molar-refractivity contribution in [3.05, 3.63) is 26.4 Å². The third kappa shape index (κ3) is 4.81. The fourth-order valence-corrected chi connectivity index (χ4v) is 8.10. The van der Waals surface area contributed by atoms with Crippen LogP contribution in [0.15, 0.2) is 5.16 Å². The second-order valence-corrected chi connectivity index (χ2v) is 11.8. The van der Waals surface area contributed by atoms with E-state index in [9.17, 15) is 9.59 Å². The number of carbonyl (C=O) groups excluding carboxylic acids is 2. The van der Waals surface area contributed by atoms with E-state index in [2.05, 4.69) is 10.3 Å². The van der Waals surface area contributed by atoms with Crippen molar-refractivity contribution < 1.29 is 14.3 Å². The van der Waals surface area contributed by atoms with E-state index >= 15 is 0 Å². The maximum absolute atomic E-state index is 12.8. The molecule has 34 heavy (non-hydrogen) atoms. The minimum Gasteiger partial charge on any atom is -0.466 e. The Morgan fingerprint density at radius 1 is 1.03 bits per heavy atom. The highest BCUT2D eigenvalue weighted by atomic mass is 32.2. The van der Waals surface area contributed by atoms with Crippen LogP contribution in [-0.2, 0) is 46.4 Å². The van der Waals surface area contributed by atoms with Crippen LogP contribution in [0, 0.1) is 0 Å². The molecule has 3 aromatic heterocycles. The first kappa shape index (κ1) is 23.6. The summed E-state index contributed by atoms with van der Waals surface area (Å²) in [4.78, 5) is 37.8. The second-order valence-electron chi connectivity index (χ2n) is 8.62. The van der Waals surface area contributed by atoms with E-state index < -0.39 is 0 Å². The van der Waals surface area contributed by atoms with Gasteiger partial charge >= 0.3 is 5.97 Å². The predicted molar refractivity (Wildman–Crippen MR) is 139 cm³/mol. The maximum atomic E-state index is 12.8. The quantitative estimate of drug-likeness (QED) is 0.260. The summed E-state index contributed by atoms with van der Waals surface area (Å²) < 4.78 is 5.17. The largest absolute Gasteiger partial charge is 0.466 e. The van der Waals surface area contributed by atoms with Crippen LogP contribution in [0.5, 0.6) is 0 Å². The molecule has 2 aliphatic rings. The van der Waals surface area contributed by atoms with Crippen molar-refractivity contribution in [1.29, 1.82) is 0 Å². The molecule has 3 aromatic rings. The standard InChI is InChI=1S/C24H28N4O3S3/c1-2-31-19(30)11-15-13-7-3-5-9-16(13)33-22(15)26-18(29)12-32-24-27-21(25)20-14-8-4-6-10-17(14)34-23(20)28-24/h2-12H2,1H3,(H,26,29)(H2,25,27,28). The Kier molecular flexibility index (Phi) is 7.08. The van der Waals surface area contributed by atoms with Crippen LogP contribution in [0.3, 0.4) is 0 Å². The van der Waals surface area contributed by atoms with Crippen LogP contribution >= 0.6 is 34.4 Å². The number of anilines is 2. The number of thioether (sulfide) groups is 1. The molecule has 2 aliphatic carbocycles. The number of esters is 1. The van der Waals surface area contributed by atoms with Gasteiger partial charge in [0.2, 0.25) is 5.91 Å². The van der Waals surface area contributed by atoms with E-state index in [-0.39, 0.29) is 24.1 Å². The molecule has 7 nitrogen and oxygen atoms in total. The van der Waals surface area contributed by atoms with Gasteiger partial charge in [0.1, 0.15) is 10.6 Å². The van der Waals surface area contributed by atoms with Gasteiger partial charge in [-0.05, 0) is 69.4 Å². The highest BCUT2D eigenvalue weighted by Gasteiger charge is 2.24. The van der Waals surface area contributed by atoms with Crippen molar-refractivity contribution in [2.45, 2.75) is 69.9 Å². The number of amides is 1. The Labute approximate surface area is 210 Å². The highest BCUT2D eigenvalue weighted by molar-refractivity contribution is 7.99. The lowest BCUT2D eigenvalue weighted by Crippen LogP contribution is -2.16. The average molecular weight is 517 g/mol. The van der Waals surface area contributed by atoms with Crippen LogP contribution in [0.4, 0.5) is 10.8 Å². The molecule has 3 heterocycles. The number of rotatable bonds is 7. The molecule has 0 atom stereocenters. The molecule has 180 valence electrons. The summed E-state index contributed by atoms with van der Waals surface area (Å²) >= 11 is 4.59. The van der Waals surface area contributed by atoms with Gasteiger partial charge in [-0.3, -0.25) is 9.59 Å². The Morgan fingerprint density at radius 2 is 1.74 bits per heavy atom. The van der Waals surface area contributed by atoms with Crippen LogP contribution in [-0.4, -0.2) is 34.2 Å². The third-order valence-corrected chi connectivity index (χ3v) is 9.60. The van der Waals surface area contributed by atoms with Crippen LogP contribution in [0.2, 0.25) is 0 Å². The molecule has 0 saturated heterocycles. The van der Waals surface area contributed by atoms with E-state index in [1.807, 2.05) is 0 Å². The topological polar surface area (TPSA) is 107 Å². The van der Waals surface area contributed by atoms with Gasteiger partial charge in [0.05, 0.1) is 29.2 Å². The molecule has 0 fully saturated rings. The maximum Gasteiger partial charge on any atom is 0.310 e. The molecule has 3 N–H and O–H groups in total. The SMILES string of the molecule is CCOC(=O)Cc1c(NC(=O)CSc2nc(N)c3c4c(sc3n2)CCCC4)sc2c1CCCC2. The molecule has 0 spiro atoms. The predicted octanol–water partition coefficient (Wildman–Crippen LogP) is 4.93. The molecular weight excluding hydrogens is 488 g/mol. The zero-order chi connectivity index (χ0) is 23.7. The van der Waals surface area contributed by atoms with Crippen molar-refractivity contribution in [1.82, 2.24) is 9.97 Å². The second kappa shape index (κ2) is 10.2. The number of carbonyl (C=O) groups is 2. The van der Waals surface area contributed by atoms with Gasteiger partial charge in [-0.1, -0.05) is 11.8 Å². The Bertz CT molecular complexity index is 1250. The first-order chi connectivity index (χ1) is 16.5. The molecule has 0 aliphatic heterocycles. The number of hydrogen-bond acceptors (Lipinski definition) is 9. The number of aryl methyl sites for hydroxylation is 3. The zero-order valence-electron chi connectivity index (χ0n) is 19.2. The highest BCUT2D eigenvalue weighted by Crippen LogP contribution is 2.40. The summed E-state index contributed by atoms with van der Waals surface area (Å²) in [6.45, 7) is 2.16. The van der Waals surface area contributed by atoms with E-state index in [0.29, 0.717) is 17.6 Å². The number of nitrogen functional groups attached to an aromatic ring is 1. The smallest absolute Gasteiger partial charge is 0.310 e. The molecular formula is C24H28N4O3S3. The van der Waals surface area contributed by atoms with Crippen LogP contribution in [0.1, 0.15) is 59.1 Å². The molecule has 0 aromatic carbocycles. The van der Waals surface area contributed by atoms with Gasteiger partial charge in [0.15, 0.2) is 5.16 Å². The Balaban J connectivity index is 1.30. The van der Waals surface area contributed by atoms with Crippen LogP contribution < -0.4 is 11.1 Å². The van der Waals surface area contributed by atoms with Gasteiger partial charge in [0, 0.05) is 15.3 Å². The fraction of sp³-hybridized carbons (Fsp3) is 0.500. The first-order valence-corrected chi connectivity index (χ1v) is 14.4. The van der Waals surface area contributed by atoms with E-state index in [1.165, 1.54) is 45.5 Å². The number of thiophene rings is 2. The van der Waals surface area contributed by atoms with Crippen molar-refractivity contribution in [3.8, 4) is 0 Å². The molecule has 0 bridgehead atoms. The van der Waals surface area contributed by atoms with Crippen molar-refractivity contribution in [2.24, 2.45) is 0 Å². The number of ether oxygens (including phenoxy) is 1. The normalized spacial score (nSPS) is 15.1. The van der Waals surface area contributed by atoms with Crippen LogP contribution in [0.25, 0.3) is 10.2 Å². The van der Waals surface area contributed by atoms with Gasteiger partial charge in [-0.15, -0.1) is 22.7 Å².